The molecule has 4 rings (SSSR count). The van der Waals surface area contributed by atoms with Gasteiger partial charge < -0.3 is 14.8 Å². The highest BCUT2D eigenvalue weighted by Crippen LogP contribution is 2.20. The van der Waals surface area contributed by atoms with Gasteiger partial charge in [-0.2, -0.15) is 4.31 Å². The zero-order valence-electron chi connectivity index (χ0n) is 21.0. The first-order valence-electron chi connectivity index (χ1n) is 11.9. The van der Waals surface area contributed by atoms with Crippen molar-refractivity contribution in [1.29, 1.82) is 0 Å². The molecule has 11 nitrogen and oxygen atoms in total. The summed E-state index contributed by atoms with van der Waals surface area (Å²) >= 11 is 0. The molecule has 0 unspecified atom stereocenters. The number of carbonyl (C=O) groups excluding carboxylic acids is 2. The smallest absolute Gasteiger partial charge is 0.338 e. The maximum atomic E-state index is 12.8. The maximum absolute atomic E-state index is 12.8. The summed E-state index contributed by atoms with van der Waals surface area (Å²) in [5.74, 6) is -1.54. The van der Waals surface area contributed by atoms with Crippen molar-refractivity contribution in [2.45, 2.75) is 16.7 Å². The van der Waals surface area contributed by atoms with Gasteiger partial charge in [-0.25, -0.2) is 21.6 Å². The molecule has 0 aromatic heterocycles. The molecule has 1 aliphatic heterocycles. The van der Waals surface area contributed by atoms with Gasteiger partial charge in [-0.05, 0) is 67.1 Å². The number of benzene rings is 3. The number of ether oxygens (including phenoxy) is 2. The van der Waals surface area contributed by atoms with Crippen LogP contribution in [0, 0.1) is 6.92 Å². The van der Waals surface area contributed by atoms with E-state index in [1.165, 1.54) is 46.8 Å². The number of rotatable bonds is 9. The number of anilines is 2. The number of amides is 1. The van der Waals surface area contributed by atoms with Gasteiger partial charge in [-0.1, -0.05) is 18.2 Å². The summed E-state index contributed by atoms with van der Waals surface area (Å²) in [6, 6.07) is 17.7. The zero-order chi connectivity index (χ0) is 28.0. The summed E-state index contributed by atoms with van der Waals surface area (Å²) < 4.78 is 65.0. The van der Waals surface area contributed by atoms with Crippen LogP contribution in [0.1, 0.15) is 15.9 Å². The summed E-state index contributed by atoms with van der Waals surface area (Å²) in [5, 5.41) is 2.52. The molecule has 0 spiro atoms. The molecule has 206 valence electrons. The van der Waals surface area contributed by atoms with Gasteiger partial charge in [-0.15, -0.1) is 0 Å². The average molecular weight is 574 g/mol. The van der Waals surface area contributed by atoms with Gasteiger partial charge in [0.1, 0.15) is 0 Å². The van der Waals surface area contributed by atoms with E-state index in [4.69, 9.17) is 9.47 Å². The number of aryl methyl sites for hydroxylation is 1. The number of hydrogen-bond acceptors (Lipinski definition) is 8. The van der Waals surface area contributed by atoms with Crippen LogP contribution in [0.15, 0.2) is 82.6 Å². The second-order valence-corrected chi connectivity index (χ2v) is 12.3. The summed E-state index contributed by atoms with van der Waals surface area (Å²) in [6.07, 6.45) is 0. The number of nitrogens with zero attached hydrogens (tertiary/aromatic N) is 1. The van der Waals surface area contributed by atoms with E-state index in [2.05, 4.69) is 10.0 Å². The molecule has 39 heavy (non-hydrogen) atoms. The molecule has 1 fully saturated rings. The minimum Gasteiger partial charge on any atom is -0.452 e. The van der Waals surface area contributed by atoms with Crippen LogP contribution in [-0.4, -0.2) is 65.9 Å². The number of sulfonamides is 2. The van der Waals surface area contributed by atoms with Crippen LogP contribution in [0.5, 0.6) is 0 Å². The first-order chi connectivity index (χ1) is 18.5. The molecule has 3 aromatic carbocycles. The first-order valence-corrected chi connectivity index (χ1v) is 14.8. The Hall–Kier alpha value is -3.78. The predicted octanol–water partition coefficient (Wildman–Crippen LogP) is 2.61. The highest BCUT2D eigenvalue weighted by atomic mass is 32.2. The Morgan fingerprint density at radius 1 is 0.872 bits per heavy atom. The van der Waals surface area contributed by atoms with Crippen molar-refractivity contribution in [2.24, 2.45) is 0 Å². The lowest BCUT2D eigenvalue weighted by atomic mass is 10.2. The van der Waals surface area contributed by atoms with Crippen LogP contribution in [0.3, 0.4) is 0 Å². The molecular weight excluding hydrogens is 546 g/mol. The van der Waals surface area contributed by atoms with Crippen molar-refractivity contribution in [3.63, 3.8) is 0 Å². The molecule has 1 amide bonds. The van der Waals surface area contributed by atoms with E-state index in [1.807, 2.05) is 13.0 Å². The Bertz CT molecular complexity index is 1570. The van der Waals surface area contributed by atoms with Gasteiger partial charge in [-0.3, -0.25) is 9.52 Å². The van der Waals surface area contributed by atoms with Crippen molar-refractivity contribution < 1.29 is 35.9 Å². The van der Waals surface area contributed by atoms with E-state index < -0.39 is 38.5 Å². The molecule has 0 aliphatic carbocycles. The SMILES string of the molecule is Cc1cccc(NS(=O)(=O)c2cccc(C(=O)OCC(=O)Nc3ccc(S(=O)(=O)N4CCOCC4)cc3)c2)c1. The van der Waals surface area contributed by atoms with Gasteiger partial charge in [0.15, 0.2) is 6.61 Å². The van der Waals surface area contributed by atoms with Gasteiger partial charge in [0, 0.05) is 24.5 Å². The highest BCUT2D eigenvalue weighted by molar-refractivity contribution is 7.92. The number of nitrogens with one attached hydrogen (secondary N) is 2. The second-order valence-electron chi connectivity index (χ2n) is 8.67. The Labute approximate surface area is 226 Å². The van der Waals surface area contributed by atoms with Crippen molar-refractivity contribution in [3.8, 4) is 0 Å². The third-order valence-corrected chi connectivity index (χ3v) is 9.02. The number of esters is 1. The molecule has 3 aromatic rings. The Morgan fingerprint density at radius 2 is 1.56 bits per heavy atom. The van der Waals surface area contributed by atoms with E-state index in [9.17, 15) is 26.4 Å². The maximum Gasteiger partial charge on any atom is 0.338 e. The van der Waals surface area contributed by atoms with Crippen LogP contribution in [0.4, 0.5) is 11.4 Å². The van der Waals surface area contributed by atoms with E-state index in [0.717, 1.165) is 11.6 Å². The molecule has 13 heteroatoms. The molecule has 1 saturated heterocycles. The van der Waals surface area contributed by atoms with Crippen LogP contribution in [0.2, 0.25) is 0 Å². The minimum absolute atomic E-state index is 0.0485. The first kappa shape index (κ1) is 28.2. The summed E-state index contributed by atoms with van der Waals surface area (Å²) in [6.45, 7) is 2.39. The quantitative estimate of drug-likeness (QED) is 0.371. The molecule has 0 radical (unpaired) electrons. The topological polar surface area (TPSA) is 148 Å². The Kier molecular flexibility index (Phi) is 8.65. The lowest BCUT2D eigenvalue weighted by Gasteiger charge is -2.26. The van der Waals surface area contributed by atoms with Crippen molar-refractivity contribution >= 4 is 43.3 Å². The third kappa shape index (κ3) is 7.20. The highest BCUT2D eigenvalue weighted by Gasteiger charge is 2.26. The van der Waals surface area contributed by atoms with Gasteiger partial charge in [0.25, 0.3) is 15.9 Å². The molecular formula is C26H27N3O8S2. The summed E-state index contributed by atoms with van der Waals surface area (Å²) in [4.78, 5) is 24.7. The second kappa shape index (κ2) is 11.9. The molecule has 2 N–H and O–H groups in total. The number of morpholine rings is 1. The minimum atomic E-state index is -3.97. The monoisotopic (exact) mass is 573 g/mol. The summed E-state index contributed by atoms with van der Waals surface area (Å²) in [5.41, 5.74) is 1.52. The molecule has 0 saturated carbocycles. The third-order valence-electron chi connectivity index (χ3n) is 5.73. The lowest BCUT2D eigenvalue weighted by Crippen LogP contribution is -2.40. The summed E-state index contributed by atoms with van der Waals surface area (Å²) in [7, 11) is -7.64. The van der Waals surface area contributed by atoms with Crippen LogP contribution < -0.4 is 10.0 Å². The van der Waals surface area contributed by atoms with E-state index in [0.29, 0.717) is 24.6 Å². The van der Waals surface area contributed by atoms with Crippen LogP contribution >= 0.6 is 0 Å². The van der Waals surface area contributed by atoms with Gasteiger partial charge >= 0.3 is 5.97 Å². The van der Waals surface area contributed by atoms with Crippen molar-refractivity contribution in [2.75, 3.05) is 42.9 Å². The fraction of sp³-hybridized carbons (Fsp3) is 0.231. The normalized spacial score (nSPS) is 14.4. The number of hydrogen-bond donors (Lipinski definition) is 2. The lowest BCUT2D eigenvalue weighted by molar-refractivity contribution is -0.119. The molecule has 0 bridgehead atoms. The van der Waals surface area contributed by atoms with E-state index in [1.54, 1.807) is 18.2 Å². The van der Waals surface area contributed by atoms with Crippen LogP contribution in [-0.2, 0) is 34.3 Å². The fourth-order valence-corrected chi connectivity index (χ4v) is 6.27. The zero-order valence-corrected chi connectivity index (χ0v) is 22.6. The fourth-order valence-electron chi connectivity index (χ4n) is 3.77. The molecule has 0 atom stereocenters. The largest absolute Gasteiger partial charge is 0.452 e. The molecule has 1 aliphatic rings. The van der Waals surface area contributed by atoms with Gasteiger partial charge in [0.2, 0.25) is 10.0 Å². The Balaban J connectivity index is 1.33. The standard InChI is InChI=1S/C26H27N3O8S2/c1-19-4-2-6-22(16-19)28-38(32,33)24-7-3-5-20(17-24)26(31)37-18-25(30)27-21-8-10-23(11-9-21)39(34,35)29-12-14-36-15-13-29/h2-11,16-17,28H,12-15,18H2,1H3,(H,27,30). The van der Waals surface area contributed by atoms with Crippen molar-refractivity contribution in [1.82, 2.24) is 4.31 Å². The Morgan fingerprint density at radius 3 is 2.26 bits per heavy atom. The predicted molar refractivity (Wildman–Crippen MR) is 143 cm³/mol. The van der Waals surface area contributed by atoms with Crippen LogP contribution in [0.25, 0.3) is 0 Å². The van der Waals surface area contributed by atoms with Crippen molar-refractivity contribution in [3.05, 3.63) is 83.9 Å². The molecule has 1 heterocycles. The van der Waals surface area contributed by atoms with Gasteiger partial charge in [0.05, 0.1) is 28.6 Å². The van der Waals surface area contributed by atoms with E-state index in [-0.39, 0.29) is 28.4 Å². The number of carbonyl (C=O) groups is 2. The van der Waals surface area contributed by atoms with E-state index >= 15 is 0 Å². The average Bonchev–Trinajstić information content (AvgIpc) is 2.92.